The predicted octanol–water partition coefficient (Wildman–Crippen LogP) is 3.33. The van der Waals surface area contributed by atoms with Crippen LogP contribution in [0.25, 0.3) is 0 Å². The number of benzene rings is 1. The lowest BCUT2D eigenvalue weighted by Crippen LogP contribution is -2.39. The first-order chi connectivity index (χ1) is 13.7. The van der Waals surface area contributed by atoms with E-state index in [-0.39, 0.29) is 29.5 Å². The van der Waals surface area contributed by atoms with E-state index in [0.29, 0.717) is 0 Å². The third kappa shape index (κ3) is 9.34. The standard InChI is InChI=1S/C22H33N5O.HI/c1-3-26(20-12-5-4-6-13-20)19-11-16-25-22(23-2)24-15-8-10-18-27-17-9-7-14-21(27)28;/h4-7,9,12-14,17H,3,8,10-11,15-16,18-19H2,1-2H3,(H2,23,24,25);1H. The van der Waals surface area contributed by atoms with E-state index in [9.17, 15) is 4.79 Å². The molecular formula is C22H34IN5O. The summed E-state index contributed by atoms with van der Waals surface area (Å²) in [6, 6.07) is 15.8. The lowest BCUT2D eigenvalue weighted by atomic mass is 10.2. The molecule has 0 saturated heterocycles. The largest absolute Gasteiger partial charge is 0.372 e. The maximum Gasteiger partial charge on any atom is 0.250 e. The number of rotatable bonds is 11. The summed E-state index contributed by atoms with van der Waals surface area (Å²) in [5, 5.41) is 6.72. The van der Waals surface area contributed by atoms with Crippen LogP contribution in [0.4, 0.5) is 5.69 Å². The highest BCUT2D eigenvalue weighted by molar-refractivity contribution is 14.0. The van der Waals surface area contributed by atoms with Gasteiger partial charge in [0.05, 0.1) is 0 Å². The van der Waals surface area contributed by atoms with E-state index >= 15 is 0 Å². The number of aliphatic imine (C=N–C) groups is 1. The number of hydrogen-bond donors (Lipinski definition) is 2. The van der Waals surface area contributed by atoms with Gasteiger partial charge in [0, 0.05) is 57.7 Å². The summed E-state index contributed by atoms with van der Waals surface area (Å²) in [7, 11) is 1.79. The monoisotopic (exact) mass is 511 g/mol. The number of aromatic nitrogens is 1. The lowest BCUT2D eigenvalue weighted by Gasteiger charge is -2.23. The zero-order valence-corrected chi connectivity index (χ0v) is 19.8. The Morgan fingerprint density at radius 1 is 1.00 bits per heavy atom. The zero-order valence-electron chi connectivity index (χ0n) is 17.5. The van der Waals surface area contributed by atoms with Gasteiger partial charge in [-0.05, 0) is 44.4 Å². The average molecular weight is 511 g/mol. The van der Waals surface area contributed by atoms with Crippen molar-refractivity contribution in [2.75, 3.05) is 38.1 Å². The molecule has 0 aliphatic rings. The van der Waals surface area contributed by atoms with Gasteiger partial charge in [0.25, 0.3) is 0 Å². The minimum absolute atomic E-state index is 0. The smallest absolute Gasteiger partial charge is 0.250 e. The summed E-state index contributed by atoms with van der Waals surface area (Å²) in [6.45, 7) is 6.66. The molecule has 0 aliphatic carbocycles. The van der Waals surface area contributed by atoms with Gasteiger partial charge in [0.2, 0.25) is 5.56 Å². The first-order valence-corrected chi connectivity index (χ1v) is 10.1. The molecule has 0 unspecified atom stereocenters. The molecule has 7 heteroatoms. The van der Waals surface area contributed by atoms with E-state index < -0.39 is 0 Å². The van der Waals surface area contributed by atoms with Gasteiger partial charge in [-0.2, -0.15) is 0 Å². The Hall–Kier alpha value is -2.03. The number of pyridine rings is 1. The normalized spacial score (nSPS) is 10.9. The minimum Gasteiger partial charge on any atom is -0.372 e. The van der Waals surface area contributed by atoms with Crippen molar-refractivity contribution in [2.45, 2.75) is 32.7 Å². The second-order valence-electron chi connectivity index (χ2n) is 6.63. The third-order valence-corrected chi connectivity index (χ3v) is 4.64. The van der Waals surface area contributed by atoms with E-state index in [4.69, 9.17) is 0 Å². The van der Waals surface area contributed by atoms with Crippen LogP contribution >= 0.6 is 24.0 Å². The number of nitrogens with zero attached hydrogens (tertiary/aromatic N) is 3. The highest BCUT2D eigenvalue weighted by atomic mass is 127. The molecule has 6 nitrogen and oxygen atoms in total. The van der Waals surface area contributed by atoms with E-state index in [2.05, 4.69) is 51.7 Å². The molecule has 29 heavy (non-hydrogen) atoms. The first-order valence-electron chi connectivity index (χ1n) is 10.1. The van der Waals surface area contributed by atoms with Gasteiger partial charge in [-0.15, -0.1) is 24.0 Å². The van der Waals surface area contributed by atoms with Crippen LogP contribution in [0.2, 0.25) is 0 Å². The van der Waals surface area contributed by atoms with Gasteiger partial charge >= 0.3 is 0 Å². The summed E-state index contributed by atoms with van der Waals surface area (Å²) < 4.78 is 1.75. The van der Waals surface area contributed by atoms with Crippen molar-refractivity contribution in [2.24, 2.45) is 4.99 Å². The molecule has 0 aliphatic heterocycles. The van der Waals surface area contributed by atoms with Gasteiger partial charge in [-0.3, -0.25) is 9.79 Å². The highest BCUT2D eigenvalue weighted by Crippen LogP contribution is 2.12. The Morgan fingerprint density at radius 2 is 1.69 bits per heavy atom. The maximum absolute atomic E-state index is 11.7. The molecule has 0 fully saturated rings. The Kier molecular flexibility index (Phi) is 12.8. The lowest BCUT2D eigenvalue weighted by molar-refractivity contribution is 0.585. The number of aryl methyl sites for hydroxylation is 1. The van der Waals surface area contributed by atoms with Gasteiger partial charge in [0.1, 0.15) is 0 Å². The van der Waals surface area contributed by atoms with Crippen molar-refractivity contribution in [1.29, 1.82) is 0 Å². The molecule has 2 rings (SSSR count). The summed E-state index contributed by atoms with van der Waals surface area (Å²) in [5.41, 5.74) is 1.33. The molecule has 2 aromatic rings. The fourth-order valence-corrected chi connectivity index (χ4v) is 3.07. The number of para-hydroxylation sites is 1. The van der Waals surface area contributed by atoms with Crippen molar-refractivity contribution < 1.29 is 0 Å². The van der Waals surface area contributed by atoms with Crippen molar-refractivity contribution >= 4 is 35.6 Å². The SMILES string of the molecule is CCN(CCCNC(=NC)NCCCCn1ccccc1=O)c1ccccc1.I. The Balaban J connectivity index is 0.00000420. The van der Waals surface area contributed by atoms with Gasteiger partial charge in [-0.25, -0.2) is 0 Å². The number of nitrogens with one attached hydrogen (secondary N) is 2. The molecule has 2 N–H and O–H groups in total. The van der Waals surface area contributed by atoms with E-state index in [1.54, 1.807) is 23.7 Å². The zero-order chi connectivity index (χ0) is 20.0. The second-order valence-corrected chi connectivity index (χ2v) is 6.63. The molecule has 0 atom stereocenters. The van der Waals surface area contributed by atoms with Crippen molar-refractivity contribution in [3.63, 3.8) is 0 Å². The summed E-state index contributed by atoms with van der Waals surface area (Å²) >= 11 is 0. The van der Waals surface area contributed by atoms with Gasteiger partial charge in [0.15, 0.2) is 5.96 Å². The van der Waals surface area contributed by atoms with Crippen LogP contribution in [0.5, 0.6) is 0 Å². The topological polar surface area (TPSA) is 61.7 Å². The first kappa shape index (κ1) is 25.0. The highest BCUT2D eigenvalue weighted by Gasteiger charge is 2.03. The third-order valence-electron chi connectivity index (χ3n) is 4.64. The summed E-state index contributed by atoms with van der Waals surface area (Å²) in [5.74, 6) is 0.833. The number of guanidine groups is 1. The number of halogens is 1. The quantitative estimate of drug-likeness (QED) is 0.210. The van der Waals surface area contributed by atoms with E-state index in [1.807, 2.05) is 18.3 Å². The van der Waals surface area contributed by atoms with Gasteiger partial charge in [-0.1, -0.05) is 24.3 Å². The van der Waals surface area contributed by atoms with Crippen molar-refractivity contribution in [3.05, 3.63) is 65.1 Å². The van der Waals surface area contributed by atoms with Gasteiger partial charge < -0.3 is 20.1 Å². The fraction of sp³-hybridized carbons (Fsp3) is 0.455. The maximum atomic E-state index is 11.7. The van der Waals surface area contributed by atoms with Crippen molar-refractivity contribution in [3.8, 4) is 0 Å². The molecular weight excluding hydrogens is 477 g/mol. The number of unbranched alkanes of at least 4 members (excludes halogenated alkanes) is 1. The molecule has 0 amide bonds. The van der Waals surface area contributed by atoms with E-state index in [1.165, 1.54) is 5.69 Å². The summed E-state index contributed by atoms with van der Waals surface area (Å²) in [6.07, 6.45) is 4.82. The van der Waals surface area contributed by atoms with Crippen LogP contribution in [0, 0.1) is 0 Å². The molecule has 160 valence electrons. The number of anilines is 1. The van der Waals surface area contributed by atoms with Crippen LogP contribution in [-0.2, 0) is 6.54 Å². The average Bonchev–Trinajstić information content (AvgIpc) is 2.74. The van der Waals surface area contributed by atoms with Crippen LogP contribution in [0.15, 0.2) is 64.5 Å². The Morgan fingerprint density at radius 3 is 2.34 bits per heavy atom. The molecule has 0 bridgehead atoms. The molecule has 1 aromatic carbocycles. The van der Waals surface area contributed by atoms with Crippen LogP contribution < -0.4 is 21.1 Å². The second kappa shape index (κ2) is 14.9. The molecule has 0 saturated carbocycles. The Labute approximate surface area is 191 Å². The predicted molar refractivity (Wildman–Crippen MR) is 134 cm³/mol. The molecule has 0 spiro atoms. The number of hydrogen-bond acceptors (Lipinski definition) is 3. The minimum atomic E-state index is 0. The Bertz CT molecular complexity index is 763. The van der Waals surface area contributed by atoms with Crippen LogP contribution in [0.1, 0.15) is 26.2 Å². The molecule has 1 heterocycles. The fourth-order valence-electron chi connectivity index (χ4n) is 3.07. The van der Waals surface area contributed by atoms with E-state index in [0.717, 1.165) is 57.9 Å². The molecule has 0 radical (unpaired) electrons. The van der Waals surface area contributed by atoms with Crippen molar-refractivity contribution in [1.82, 2.24) is 15.2 Å². The van der Waals surface area contributed by atoms with Crippen LogP contribution in [-0.4, -0.2) is 43.8 Å². The molecule has 1 aromatic heterocycles. The summed E-state index contributed by atoms with van der Waals surface area (Å²) in [4.78, 5) is 18.3. The van der Waals surface area contributed by atoms with Crippen LogP contribution in [0.3, 0.4) is 0 Å².